The summed E-state index contributed by atoms with van der Waals surface area (Å²) in [7, 11) is 0. The van der Waals surface area contributed by atoms with Gasteiger partial charge in [0.1, 0.15) is 5.82 Å². The number of hydrogen-bond acceptors (Lipinski definition) is 4. The molecule has 0 saturated carbocycles. The molecule has 1 unspecified atom stereocenters. The summed E-state index contributed by atoms with van der Waals surface area (Å²) in [6, 6.07) is 7.38. The van der Waals surface area contributed by atoms with Crippen molar-refractivity contribution in [2.45, 2.75) is 12.5 Å². The third kappa shape index (κ3) is 3.01. The Morgan fingerprint density at radius 1 is 1.24 bits per heavy atom. The Balaban J connectivity index is 2.17. The van der Waals surface area contributed by atoms with E-state index in [0.29, 0.717) is 12.2 Å². The molecule has 2 aromatic rings. The van der Waals surface area contributed by atoms with Crippen LogP contribution in [-0.2, 0) is 6.42 Å². The lowest BCUT2D eigenvalue weighted by Crippen LogP contribution is -2.15. The molecule has 0 fully saturated rings. The summed E-state index contributed by atoms with van der Waals surface area (Å²) in [5.74, 6) is 0.509. The second-order valence-corrected chi connectivity index (χ2v) is 4.62. The average Bonchev–Trinajstić information content (AvgIpc) is 2.29. The van der Waals surface area contributed by atoms with Crippen LogP contribution in [0.25, 0.3) is 0 Å². The normalized spacial score (nSPS) is 12.4. The average molecular weight is 293 g/mol. The van der Waals surface area contributed by atoms with Crippen LogP contribution >= 0.6 is 15.9 Å². The molecule has 88 valence electrons. The third-order valence-corrected chi connectivity index (χ3v) is 3.11. The lowest BCUT2D eigenvalue weighted by Gasteiger charge is -2.12. The minimum absolute atomic E-state index is 0.160. The summed E-state index contributed by atoms with van der Waals surface area (Å²) >= 11 is 3.45. The van der Waals surface area contributed by atoms with Crippen LogP contribution in [0.15, 0.2) is 41.1 Å². The first-order chi connectivity index (χ1) is 8.16. The summed E-state index contributed by atoms with van der Waals surface area (Å²) in [5, 5.41) is 0. The van der Waals surface area contributed by atoms with E-state index in [-0.39, 0.29) is 6.04 Å². The summed E-state index contributed by atoms with van der Waals surface area (Å²) in [5.41, 5.74) is 13.7. The van der Waals surface area contributed by atoms with Gasteiger partial charge in [0.05, 0.1) is 11.7 Å². The van der Waals surface area contributed by atoms with Gasteiger partial charge in [-0.25, -0.2) is 4.98 Å². The Kier molecular flexibility index (Phi) is 3.71. The number of hydrogen-bond donors (Lipinski definition) is 2. The lowest BCUT2D eigenvalue weighted by atomic mass is 10.0. The molecule has 0 aliphatic heterocycles. The number of rotatable bonds is 3. The fourth-order valence-corrected chi connectivity index (χ4v) is 2.19. The molecule has 0 saturated heterocycles. The first-order valence-corrected chi connectivity index (χ1v) is 6.02. The summed E-state index contributed by atoms with van der Waals surface area (Å²) in [6.45, 7) is 0. The van der Waals surface area contributed by atoms with Gasteiger partial charge in [0.15, 0.2) is 0 Å². The van der Waals surface area contributed by atoms with E-state index >= 15 is 0 Å². The van der Waals surface area contributed by atoms with E-state index in [1.807, 2.05) is 24.3 Å². The van der Waals surface area contributed by atoms with Gasteiger partial charge < -0.3 is 11.5 Å². The molecule has 0 radical (unpaired) electrons. The third-order valence-electron chi connectivity index (χ3n) is 2.44. The van der Waals surface area contributed by atoms with Crippen molar-refractivity contribution in [3.63, 3.8) is 0 Å². The summed E-state index contributed by atoms with van der Waals surface area (Å²) in [4.78, 5) is 8.23. The van der Waals surface area contributed by atoms with Gasteiger partial charge in [-0.3, -0.25) is 4.98 Å². The van der Waals surface area contributed by atoms with Gasteiger partial charge in [0.2, 0.25) is 0 Å². The summed E-state index contributed by atoms with van der Waals surface area (Å²) in [6.07, 6.45) is 4.11. The Morgan fingerprint density at radius 3 is 2.76 bits per heavy atom. The van der Waals surface area contributed by atoms with Crippen LogP contribution in [0.1, 0.15) is 17.3 Å². The van der Waals surface area contributed by atoms with E-state index in [4.69, 9.17) is 11.5 Å². The molecular weight excluding hydrogens is 280 g/mol. The molecule has 17 heavy (non-hydrogen) atoms. The fraction of sp³-hybridized carbons (Fsp3) is 0.167. The Morgan fingerprint density at radius 2 is 2.06 bits per heavy atom. The predicted molar refractivity (Wildman–Crippen MR) is 71.2 cm³/mol. The van der Waals surface area contributed by atoms with Crippen LogP contribution in [0, 0.1) is 0 Å². The Hall–Kier alpha value is -1.46. The molecule has 2 aromatic heterocycles. The van der Waals surface area contributed by atoms with Gasteiger partial charge in [-0.1, -0.05) is 0 Å². The zero-order chi connectivity index (χ0) is 12.3. The van der Waals surface area contributed by atoms with Crippen molar-refractivity contribution < 1.29 is 0 Å². The SMILES string of the molecule is Nc1cc(CC(N)c2ncccc2Br)ccn1. The number of nitrogen functional groups attached to an aromatic ring is 1. The van der Waals surface area contributed by atoms with Crippen molar-refractivity contribution >= 4 is 21.7 Å². The first-order valence-electron chi connectivity index (χ1n) is 5.23. The van der Waals surface area contributed by atoms with E-state index < -0.39 is 0 Å². The van der Waals surface area contributed by atoms with Gasteiger partial charge in [0.25, 0.3) is 0 Å². The van der Waals surface area contributed by atoms with Crippen LogP contribution in [0.2, 0.25) is 0 Å². The molecule has 0 aliphatic rings. The maximum Gasteiger partial charge on any atom is 0.123 e. The number of halogens is 1. The molecule has 2 heterocycles. The van der Waals surface area contributed by atoms with E-state index in [9.17, 15) is 0 Å². The minimum Gasteiger partial charge on any atom is -0.384 e. The number of anilines is 1. The Labute approximate surface area is 108 Å². The highest BCUT2D eigenvalue weighted by Crippen LogP contribution is 2.22. The van der Waals surface area contributed by atoms with Crippen LogP contribution < -0.4 is 11.5 Å². The zero-order valence-corrected chi connectivity index (χ0v) is 10.8. The van der Waals surface area contributed by atoms with Gasteiger partial charge in [-0.15, -0.1) is 0 Å². The number of nitrogens with zero attached hydrogens (tertiary/aromatic N) is 2. The van der Waals surface area contributed by atoms with Crippen LogP contribution in [0.5, 0.6) is 0 Å². The van der Waals surface area contributed by atoms with Crippen molar-refractivity contribution in [3.05, 3.63) is 52.4 Å². The lowest BCUT2D eigenvalue weighted by molar-refractivity contribution is 0.692. The molecule has 1 atom stereocenters. The van der Waals surface area contributed by atoms with E-state index in [1.54, 1.807) is 12.4 Å². The molecule has 0 aliphatic carbocycles. The molecule has 5 heteroatoms. The summed E-state index contributed by atoms with van der Waals surface area (Å²) < 4.78 is 0.925. The smallest absolute Gasteiger partial charge is 0.123 e. The second-order valence-electron chi connectivity index (χ2n) is 3.77. The topological polar surface area (TPSA) is 77.8 Å². The molecule has 4 nitrogen and oxygen atoms in total. The van der Waals surface area contributed by atoms with Gasteiger partial charge in [-0.2, -0.15) is 0 Å². The predicted octanol–water partition coefficient (Wildman–Crippen LogP) is 2.06. The molecule has 0 bridgehead atoms. The maximum atomic E-state index is 6.12. The van der Waals surface area contributed by atoms with Crippen molar-refractivity contribution in [1.29, 1.82) is 0 Å². The number of pyridine rings is 2. The quantitative estimate of drug-likeness (QED) is 0.908. The van der Waals surface area contributed by atoms with Crippen LogP contribution in [0.3, 0.4) is 0 Å². The number of aromatic nitrogens is 2. The molecule has 2 rings (SSSR count). The van der Waals surface area contributed by atoms with Gasteiger partial charge >= 0.3 is 0 Å². The van der Waals surface area contributed by atoms with Crippen molar-refractivity contribution in [1.82, 2.24) is 9.97 Å². The molecule has 0 amide bonds. The highest BCUT2D eigenvalue weighted by atomic mass is 79.9. The standard InChI is InChI=1S/C12H13BrN4/c13-9-2-1-4-17-12(9)10(14)6-8-3-5-16-11(15)7-8/h1-5,7,10H,6,14H2,(H2,15,16). The van der Waals surface area contributed by atoms with Crippen LogP contribution in [-0.4, -0.2) is 9.97 Å². The minimum atomic E-state index is -0.160. The van der Waals surface area contributed by atoms with Crippen LogP contribution in [0.4, 0.5) is 5.82 Å². The monoisotopic (exact) mass is 292 g/mol. The van der Waals surface area contributed by atoms with E-state index in [1.165, 1.54) is 0 Å². The second kappa shape index (κ2) is 5.25. The largest absolute Gasteiger partial charge is 0.384 e. The van der Waals surface area contributed by atoms with Crippen molar-refractivity contribution in [2.24, 2.45) is 5.73 Å². The number of nitrogens with two attached hydrogens (primary N) is 2. The first kappa shape index (κ1) is 12.0. The van der Waals surface area contributed by atoms with Gasteiger partial charge in [-0.05, 0) is 52.2 Å². The zero-order valence-electron chi connectivity index (χ0n) is 9.18. The van der Waals surface area contributed by atoms with Gasteiger partial charge in [0, 0.05) is 16.9 Å². The molecule has 0 aromatic carbocycles. The highest BCUT2D eigenvalue weighted by molar-refractivity contribution is 9.10. The fourth-order valence-electron chi connectivity index (χ4n) is 1.64. The maximum absolute atomic E-state index is 6.12. The van der Waals surface area contributed by atoms with Crippen molar-refractivity contribution in [2.75, 3.05) is 5.73 Å². The van der Waals surface area contributed by atoms with E-state index in [2.05, 4.69) is 25.9 Å². The highest BCUT2D eigenvalue weighted by Gasteiger charge is 2.11. The molecule has 4 N–H and O–H groups in total. The van der Waals surface area contributed by atoms with Crippen molar-refractivity contribution in [3.8, 4) is 0 Å². The van der Waals surface area contributed by atoms with E-state index in [0.717, 1.165) is 15.7 Å². The molecule has 0 spiro atoms. The Bertz CT molecular complexity index is 515. The molecular formula is C12H13BrN4.